The number of pyridine rings is 1. The predicted molar refractivity (Wildman–Crippen MR) is 63.0 cm³/mol. The lowest BCUT2D eigenvalue weighted by Crippen LogP contribution is -2.03. The van der Waals surface area contributed by atoms with Crippen molar-refractivity contribution in [3.8, 4) is 5.75 Å². The van der Waals surface area contributed by atoms with Gasteiger partial charge >= 0.3 is 0 Å². The Kier molecular flexibility index (Phi) is 1.77. The number of benzene rings is 1. The number of aromatic amines is 2. The van der Waals surface area contributed by atoms with Crippen LogP contribution in [0.25, 0.3) is 21.8 Å². The van der Waals surface area contributed by atoms with Gasteiger partial charge in [0.2, 0.25) is 0 Å². The SMILES string of the molecule is COc1cccc2[nH]c3c(=O)[nH]ccc3c12. The van der Waals surface area contributed by atoms with Gasteiger partial charge in [0.1, 0.15) is 11.3 Å². The molecule has 0 radical (unpaired) electrons. The van der Waals surface area contributed by atoms with Crippen LogP contribution in [0.3, 0.4) is 0 Å². The number of hydrogen-bond acceptors (Lipinski definition) is 2. The molecule has 80 valence electrons. The maximum absolute atomic E-state index is 11.6. The Labute approximate surface area is 90.9 Å². The second kappa shape index (κ2) is 3.13. The largest absolute Gasteiger partial charge is 0.496 e. The van der Waals surface area contributed by atoms with Crippen molar-refractivity contribution < 1.29 is 4.74 Å². The van der Waals surface area contributed by atoms with E-state index in [0.29, 0.717) is 5.52 Å². The molecular formula is C12H10N2O2. The molecule has 4 nitrogen and oxygen atoms in total. The Morgan fingerprint density at radius 2 is 2.12 bits per heavy atom. The molecule has 0 spiro atoms. The first-order chi connectivity index (χ1) is 7.81. The summed E-state index contributed by atoms with van der Waals surface area (Å²) in [5.41, 5.74) is 1.38. The molecule has 0 bridgehead atoms. The molecule has 3 aromatic rings. The Hall–Kier alpha value is -2.23. The van der Waals surface area contributed by atoms with Crippen LogP contribution in [0.15, 0.2) is 35.3 Å². The lowest BCUT2D eigenvalue weighted by molar-refractivity contribution is 0.420. The first-order valence-corrected chi connectivity index (χ1v) is 4.97. The summed E-state index contributed by atoms with van der Waals surface area (Å²) >= 11 is 0. The Morgan fingerprint density at radius 3 is 2.94 bits per heavy atom. The van der Waals surface area contributed by atoms with Crippen LogP contribution in [0.4, 0.5) is 0 Å². The normalized spacial score (nSPS) is 11.1. The topological polar surface area (TPSA) is 57.9 Å². The van der Waals surface area contributed by atoms with Crippen molar-refractivity contribution in [1.29, 1.82) is 0 Å². The van der Waals surface area contributed by atoms with Crippen molar-refractivity contribution in [2.75, 3.05) is 7.11 Å². The third-order valence-corrected chi connectivity index (χ3v) is 2.74. The molecule has 0 fully saturated rings. The fourth-order valence-corrected chi connectivity index (χ4v) is 2.03. The van der Waals surface area contributed by atoms with Gasteiger partial charge in [0, 0.05) is 17.0 Å². The second-order valence-corrected chi connectivity index (χ2v) is 3.60. The van der Waals surface area contributed by atoms with Crippen molar-refractivity contribution in [2.45, 2.75) is 0 Å². The standard InChI is InChI=1S/C12H10N2O2/c1-16-9-4-2-3-8-10(9)7-5-6-13-12(15)11(7)14-8/h2-6,14H,1H3,(H,13,15). The monoisotopic (exact) mass is 214 g/mol. The fraction of sp³-hybridized carbons (Fsp3) is 0.0833. The highest BCUT2D eigenvalue weighted by molar-refractivity contribution is 6.09. The molecule has 0 aliphatic carbocycles. The Balaban J connectivity index is 2.63. The summed E-state index contributed by atoms with van der Waals surface area (Å²) < 4.78 is 5.30. The molecule has 0 aliphatic rings. The van der Waals surface area contributed by atoms with E-state index >= 15 is 0 Å². The number of ether oxygens (including phenoxy) is 1. The van der Waals surface area contributed by atoms with Gasteiger partial charge in [0.25, 0.3) is 5.56 Å². The van der Waals surface area contributed by atoms with E-state index < -0.39 is 0 Å². The number of rotatable bonds is 1. The van der Waals surface area contributed by atoms with Gasteiger partial charge in [0.15, 0.2) is 0 Å². The zero-order valence-electron chi connectivity index (χ0n) is 8.70. The number of H-pyrrole nitrogens is 2. The van der Waals surface area contributed by atoms with Crippen LogP contribution in [0, 0.1) is 0 Å². The van der Waals surface area contributed by atoms with Crippen LogP contribution in [-0.2, 0) is 0 Å². The molecule has 2 aromatic heterocycles. The van der Waals surface area contributed by atoms with E-state index in [2.05, 4.69) is 9.97 Å². The number of nitrogens with one attached hydrogen (secondary N) is 2. The molecule has 0 saturated carbocycles. The van der Waals surface area contributed by atoms with E-state index in [0.717, 1.165) is 22.0 Å². The van der Waals surface area contributed by atoms with Gasteiger partial charge in [-0.05, 0) is 18.2 Å². The minimum absolute atomic E-state index is 0.115. The summed E-state index contributed by atoms with van der Waals surface area (Å²) in [6.07, 6.45) is 1.64. The predicted octanol–water partition coefficient (Wildman–Crippen LogP) is 2.02. The van der Waals surface area contributed by atoms with Crippen LogP contribution in [0.1, 0.15) is 0 Å². The third kappa shape index (κ3) is 1.07. The number of methoxy groups -OCH3 is 1. The third-order valence-electron chi connectivity index (χ3n) is 2.74. The van der Waals surface area contributed by atoms with Gasteiger partial charge < -0.3 is 14.7 Å². The van der Waals surface area contributed by atoms with E-state index in [9.17, 15) is 4.79 Å². The van der Waals surface area contributed by atoms with Crippen molar-refractivity contribution in [1.82, 2.24) is 9.97 Å². The fourth-order valence-electron chi connectivity index (χ4n) is 2.03. The van der Waals surface area contributed by atoms with E-state index in [4.69, 9.17) is 4.74 Å². The van der Waals surface area contributed by atoms with Crippen molar-refractivity contribution in [3.63, 3.8) is 0 Å². The summed E-state index contributed by atoms with van der Waals surface area (Å²) in [5.74, 6) is 0.773. The molecule has 0 aliphatic heterocycles. The second-order valence-electron chi connectivity index (χ2n) is 3.60. The van der Waals surface area contributed by atoms with Crippen LogP contribution >= 0.6 is 0 Å². The molecule has 0 atom stereocenters. The van der Waals surface area contributed by atoms with Gasteiger partial charge in [-0.25, -0.2) is 0 Å². The minimum Gasteiger partial charge on any atom is -0.496 e. The van der Waals surface area contributed by atoms with Crippen LogP contribution in [0.2, 0.25) is 0 Å². The summed E-state index contributed by atoms with van der Waals surface area (Å²) in [6.45, 7) is 0. The Bertz CT molecular complexity index is 725. The number of fused-ring (bicyclic) bond motifs is 3. The van der Waals surface area contributed by atoms with E-state index in [1.54, 1.807) is 13.3 Å². The molecule has 1 aromatic carbocycles. The van der Waals surface area contributed by atoms with Gasteiger partial charge in [-0.2, -0.15) is 0 Å². The quantitative estimate of drug-likeness (QED) is 0.651. The lowest BCUT2D eigenvalue weighted by atomic mass is 10.2. The zero-order valence-corrected chi connectivity index (χ0v) is 8.70. The molecule has 3 rings (SSSR count). The van der Waals surface area contributed by atoms with Crippen molar-refractivity contribution in [3.05, 3.63) is 40.8 Å². The van der Waals surface area contributed by atoms with Crippen molar-refractivity contribution in [2.24, 2.45) is 0 Å². The van der Waals surface area contributed by atoms with Gasteiger partial charge in [-0.15, -0.1) is 0 Å². The Morgan fingerprint density at radius 1 is 1.25 bits per heavy atom. The molecule has 2 heterocycles. The highest BCUT2D eigenvalue weighted by Crippen LogP contribution is 2.31. The molecule has 4 heteroatoms. The first kappa shape index (κ1) is 9.03. The van der Waals surface area contributed by atoms with Gasteiger partial charge in [-0.1, -0.05) is 6.07 Å². The van der Waals surface area contributed by atoms with Crippen LogP contribution in [-0.4, -0.2) is 17.1 Å². The summed E-state index contributed by atoms with van der Waals surface area (Å²) in [6, 6.07) is 7.58. The van der Waals surface area contributed by atoms with Crippen molar-refractivity contribution >= 4 is 21.8 Å². The number of aromatic nitrogens is 2. The molecule has 0 saturated heterocycles. The molecule has 0 amide bonds. The molecular weight excluding hydrogens is 204 g/mol. The maximum Gasteiger partial charge on any atom is 0.272 e. The van der Waals surface area contributed by atoms with E-state index in [-0.39, 0.29) is 5.56 Å². The van der Waals surface area contributed by atoms with E-state index in [1.165, 1.54) is 0 Å². The molecule has 16 heavy (non-hydrogen) atoms. The van der Waals surface area contributed by atoms with E-state index in [1.807, 2.05) is 24.3 Å². The minimum atomic E-state index is -0.115. The van der Waals surface area contributed by atoms with Crippen LogP contribution < -0.4 is 10.3 Å². The zero-order chi connectivity index (χ0) is 11.1. The molecule has 2 N–H and O–H groups in total. The average molecular weight is 214 g/mol. The lowest BCUT2D eigenvalue weighted by Gasteiger charge is -2.00. The highest BCUT2D eigenvalue weighted by atomic mass is 16.5. The average Bonchev–Trinajstić information content (AvgIpc) is 2.69. The highest BCUT2D eigenvalue weighted by Gasteiger charge is 2.10. The summed E-state index contributed by atoms with van der Waals surface area (Å²) in [5, 5.41) is 1.84. The maximum atomic E-state index is 11.6. The number of hydrogen-bond donors (Lipinski definition) is 2. The van der Waals surface area contributed by atoms with Gasteiger partial charge in [-0.3, -0.25) is 4.79 Å². The summed E-state index contributed by atoms with van der Waals surface area (Å²) in [4.78, 5) is 17.4. The first-order valence-electron chi connectivity index (χ1n) is 4.97. The molecule has 0 unspecified atom stereocenters. The van der Waals surface area contributed by atoms with Gasteiger partial charge in [0.05, 0.1) is 12.6 Å². The summed E-state index contributed by atoms with van der Waals surface area (Å²) in [7, 11) is 1.63. The smallest absolute Gasteiger partial charge is 0.272 e. The van der Waals surface area contributed by atoms with Crippen LogP contribution in [0.5, 0.6) is 5.75 Å².